The molecule has 1 amide bonds. The molecule has 0 unspecified atom stereocenters. The first-order valence-corrected chi connectivity index (χ1v) is 6.46. The van der Waals surface area contributed by atoms with E-state index < -0.39 is 0 Å². The summed E-state index contributed by atoms with van der Waals surface area (Å²) in [5, 5.41) is 8.93. The minimum absolute atomic E-state index is 0.290. The highest BCUT2D eigenvalue weighted by Gasteiger charge is 2.18. The summed E-state index contributed by atoms with van der Waals surface area (Å²) in [6.07, 6.45) is 3.16. The van der Waals surface area contributed by atoms with Crippen molar-refractivity contribution in [3.63, 3.8) is 0 Å². The summed E-state index contributed by atoms with van der Waals surface area (Å²) in [5.41, 5.74) is 6.91. The first-order chi connectivity index (χ1) is 8.70. The van der Waals surface area contributed by atoms with Crippen molar-refractivity contribution in [1.29, 1.82) is 0 Å². The summed E-state index contributed by atoms with van der Waals surface area (Å²) in [6.45, 7) is 2.32. The summed E-state index contributed by atoms with van der Waals surface area (Å²) in [7, 11) is 0. The van der Waals surface area contributed by atoms with Crippen LogP contribution in [0.25, 0.3) is 0 Å². The summed E-state index contributed by atoms with van der Waals surface area (Å²) in [4.78, 5) is 13.3. The zero-order valence-corrected chi connectivity index (χ0v) is 10.5. The van der Waals surface area contributed by atoms with Gasteiger partial charge < -0.3 is 15.7 Å². The highest BCUT2D eigenvalue weighted by molar-refractivity contribution is 5.93. The predicted octanol–water partition coefficient (Wildman–Crippen LogP) is 1.38. The molecule has 3 N–H and O–H groups in total. The van der Waals surface area contributed by atoms with E-state index in [4.69, 9.17) is 10.8 Å². The van der Waals surface area contributed by atoms with Gasteiger partial charge in [0.15, 0.2) is 0 Å². The molecule has 1 aromatic rings. The fraction of sp³-hybridized carbons (Fsp3) is 0.500. The van der Waals surface area contributed by atoms with Crippen LogP contribution in [0, 0.1) is 5.92 Å². The second kappa shape index (κ2) is 5.87. The molecule has 0 aliphatic carbocycles. The molecule has 1 fully saturated rings. The number of amides is 1. The van der Waals surface area contributed by atoms with Crippen LogP contribution in [0.15, 0.2) is 24.3 Å². The highest BCUT2D eigenvalue weighted by Crippen LogP contribution is 2.25. The molecule has 2 rings (SSSR count). The van der Waals surface area contributed by atoms with Gasteiger partial charge in [-0.2, -0.15) is 0 Å². The number of hydrogen-bond donors (Lipinski definition) is 2. The molecule has 0 aromatic heterocycles. The van der Waals surface area contributed by atoms with Crippen LogP contribution in [0.5, 0.6) is 0 Å². The molecule has 18 heavy (non-hydrogen) atoms. The predicted molar refractivity (Wildman–Crippen MR) is 71.6 cm³/mol. The minimum atomic E-state index is -0.386. The molecule has 0 atom stereocenters. The van der Waals surface area contributed by atoms with Gasteiger partial charge in [0.25, 0.3) is 0 Å². The van der Waals surface area contributed by atoms with Crippen LogP contribution in [-0.2, 0) is 0 Å². The van der Waals surface area contributed by atoms with Crippen molar-refractivity contribution in [3.05, 3.63) is 29.8 Å². The van der Waals surface area contributed by atoms with Crippen molar-refractivity contribution in [2.24, 2.45) is 11.7 Å². The molecule has 4 heteroatoms. The van der Waals surface area contributed by atoms with Gasteiger partial charge in [0.1, 0.15) is 0 Å². The molecule has 0 saturated carbocycles. The largest absolute Gasteiger partial charge is 0.396 e. The van der Waals surface area contributed by atoms with E-state index in [1.807, 2.05) is 12.1 Å². The van der Waals surface area contributed by atoms with Crippen LogP contribution >= 0.6 is 0 Å². The topological polar surface area (TPSA) is 66.6 Å². The van der Waals surface area contributed by atoms with Gasteiger partial charge in [-0.3, -0.25) is 4.79 Å². The maximum atomic E-state index is 11.0. The first-order valence-electron chi connectivity index (χ1n) is 6.46. The number of nitrogens with zero attached hydrogens (tertiary/aromatic N) is 1. The number of aliphatic hydroxyl groups is 1. The number of carbonyl (C=O) groups excluding carboxylic acids is 1. The van der Waals surface area contributed by atoms with Gasteiger partial charge in [0, 0.05) is 30.9 Å². The third-order valence-corrected chi connectivity index (χ3v) is 3.67. The molecule has 1 saturated heterocycles. The number of carbonyl (C=O) groups is 1. The van der Waals surface area contributed by atoms with E-state index in [1.165, 1.54) is 0 Å². The van der Waals surface area contributed by atoms with Crippen molar-refractivity contribution in [3.8, 4) is 0 Å². The summed E-state index contributed by atoms with van der Waals surface area (Å²) < 4.78 is 0. The Hall–Kier alpha value is -1.55. The first kappa shape index (κ1) is 12.9. The van der Waals surface area contributed by atoms with Gasteiger partial charge in [-0.25, -0.2) is 0 Å². The Labute approximate surface area is 107 Å². The molecule has 1 aromatic carbocycles. The van der Waals surface area contributed by atoms with Crippen LogP contribution in [-0.4, -0.2) is 30.7 Å². The van der Waals surface area contributed by atoms with Crippen LogP contribution in [0.3, 0.4) is 0 Å². The normalized spacial score (nSPS) is 16.8. The Morgan fingerprint density at radius 3 is 2.39 bits per heavy atom. The van der Waals surface area contributed by atoms with Gasteiger partial charge in [0.05, 0.1) is 0 Å². The van der Waals surface area contributed by atoms with E-state index >= 15 is 0 Å². The molecular formula is C14H20N2O2. The maximum Gasteiger partial charge on any atom is 0.248 e. The molecule has 1 aliphatic rings. The molecule has 0 bridgehead atoms. The lowest BCUT2D eigenvalue weighted by atomic mass is 9.93. The van der Waals surface area contributed by atoms with Gasteiger partial charge in [0.2, 0.25) is 5.91 Å². The van der Waals surface area contributed by atoms with Gasteiger partial charge in [-0.05, 0) is 49.4 Å². The zero-order valence-electron chi connectivity index (χ0n) is 10.5. The van der Waals surface area contributed by atoms with Gasteiger partial charge in [-0.1, -0.05) is 0 Å². The highest BCUT2D eigenvalue weighted by atomic mass is 16.3. The molecule has 0 radical (unpaired) electrons. The van der Waals surface area contributed by atoms with Crippen LogP contribution in [0.1, 0.15) is 29.6 Å². The number of rotatable bonds is 4. The van der Waals surface area contributed by atoms with E-state index in [0.29, 0.717) is 11.5 Å². The quantitative estimate of drug-likeness (QED) is 0.846. The average molecular weight is 248 g/mol. The second-order valence-electron chi connectivity index (χ2n) is 4.85. The summed E-state index contributed by atoms with van der Waals surface area (Å²) >= 11 is 0. The number of anilines is 1. The lowest BCUT2D eigenvalue weighted by molar-refractivity contribution is 0.100. The number of piperidine rings is 1. The fourth-order valence-electron chi connectivity index (χ4n) is 2.50. The third kappa shape index (κ3) is 3.01. The van der Waals surface area contributed by atoms with Crippen LogP contribution in [0.2, 0.25) is 0 Å². The standard InChI is InChI=1S/C14H20N2O2/c15-14(18)12-1-3-13(4-2-12)16-8-5-11(6-9-16)7-10-17/h1-4,11,17H,5-10H2,(H2,15,18). The van der Waals surface area contributed by atoms with Crippen molar-refractivity contribution < 1.29 is 9.90 Å². The van der Waals surface area contributed by atoms with E-state index in [-0.39, 0.29) is 12.5 Å². The number of nitrogens with two attached hydrogens (primary N) is 1. The molecular weight excluding hydrogens is 228 g/mol. The number of primary amides is 1. The number of hydrogen-bond acceptors (Lipinski definition) is 3. The molecule has 1 heterocycles. The summed E-state index contributed by atoms with van der Waals surface area (Å²) in [6, 6.07) is 7.45. The zero-order chi connectivity index (χ0) is 13.0. The van der Waals surface area contributed by atoms with Crippen molar-refractivity contribution in [2.75, 3.05) is 24.6 Å². The Morgan fingerprint density at radius 2 is 1.89 bits per heavy atom. The Morgan fingerprint density at radius 1 is 1.28 bits per heavy atom. The van der Waals surface area contributed by atoms with Gasteiger partial charge in [-0.15, -0.1) is 0 Å². The van der Waals surface area contributed by atoms with Crippen molar-refractivity contribution in [1.82, 2.24) is 0 Å². The number of aliphatic hydroxyl groups excluding tert-OH is 1. The maximum absolute atomic E-state index is 11.0. The van der Waals surface area contributed by atoms with E-state index in [2.05, 4.69) is 4.90 Å². The SMILES string of the molecule is NC(=O)c1ccc(N2CCC(CCO)CC2)cc1. The molecule has 98 valence electrons. The van der Waals surface area contributed by atoms with Crippen molar-refractivity contribution >= 4 is 11.6 Å². The smallest absolute Gasteiger partial charge is 0.248 e. The van der Waals surface area contributed by atoms with Crippen LogP contribution in [0.4, 0.5) is 5.69 Å². The molecule has 4 nitrogen and oxygen atoms in total. The number of benzene rings is 1. The Kier molecular flexibility index (Phi) is 4.20. The average Bonchev–Trinajstić information content (AvgIpc) is 2.40. The molecule has 1 aliphatic heterocycles. The Balaban J connectivity index is 1.95. The lowest BCUT2D eigenvalue weighted by Gasteiger charge is -2.33. The van der Waals surface area contributed by atoms with Crippen molar-refractivity contribution in [2.45, 2.75) is 19.3 Å². The van der Waals surface area contributed by atoms with E-state index in [1.54, 1.807) is 12.1 Å². The van der Waals surface area contributed by atoms with E-state index in [0.717, 1.165) is 38.0 Å². The fourth-order valence-corrected chi connectivity index (χ4v) is 2.50. The van der Waals surface area contributed by atoms with E-state index in [9.17, 15) is 4.79 Å². The third-order valence-electron chi connectivity index (χ3n) is 3.67. The Bertz CT molecular complexity index is 395. The lowest BCUT2D eigenvalue weighted by Crippen LogP contribution is -2.33. The monoisotopic (exact) mass is 248 g/mol. The van der Waals surface area contributed by atoms with Crippen LogP contribution < -0.4 is 10.6 Å². The minimum Gasteiger partial charge on any atom is -0.396 e. The summed E-state index contributed by atoms with van der Waals surface area (Å²) in [5.74, 6) is 0.263. The molecule has 0 spiro atoms. The second-order valence-corrected chi connectivity index (χ2v) is 4.85. The van der Waals surface area contributed by atoms with Gasteiger partial charge >= 0.3 is 0 Å².